The molecule has 0 radical (unpaired) electrons. The molecular weight excluding hydrogens is 385 g/mol. The molecule has 1 amide bonds. The van der Waals surface area contributed by atoms with Gasteiger partial charge in [-0.2, -0.15) is 0 Å². The fourth-order valence-electron chi connectivity index (χ4n) is 2.63. The minimum absolute atomic E-state index is 0.0222. The fourth-order valence-corrected chi connectivity index (χ4v) is 3.29. The number of carbonyl (C=O) groups excluding carboxylic acids is 1. The monoisotopic (exact) mass is 399 g/mol. The zero-order valence-corrected chi connectivity index (χ0v) is 15.9. The average molecular weight is 401 g/mol. The summed E-state index contributed by atoms with van der Waals surface area (Å²) in [6.45, 7) is 3.94. The van der Waals surface area contributed by atoms with Crippen molar-refractivity contribution in [3.8, 4) is 5.75 Å². The molecule has 132 valence electrons. The SMILES string of the molecule is CC(C)C1Oc2ccc(N)nc2N(Cc2c(Cl)ccc(Cl)c2Cl)C1=O. The van der Waals surface area contributed by atoms with Crippen LogP contribution < -0.4 is 15.4 Å². The van der Waals surface area contributed by atoms with Gasteiger partial charge in [0.2, 0.25) is 0 Å². The molecule has 25 heavy (non-hydrogen) atoms. The van der Waals surface area contributed by atoms with E-state index in [9.17, 15) is 4.79 Å². The lowest BCUT2D eigenvalue weighted by atomic mass is 10.0. The third-order valence-corrected chi connectivity index (χ3v) is 5.14. The van der Waals surface area contributed by atoms with Crippen LogP contribution >= 0.6 is 34.8 Å². The lowest BCUT2D eigenvalue weighted by molar-refractivity contribution is -0.128. The van der Waals surface area contributed by atoms with Crippen LogP contribution in [0, 0.1) is 5.92 Å². The number of amides is 1. The topological polar surface area (TPSA) is 68.5 Å². The third-order valence-electron chi connectivity index (χ3n) is 3.94. The lowest BCUT2D eigenvalue weighted by Crippen LogP contribution is -2.48. The second-order valence-corrected chi connectivity index (χ2v) is 7.28. The maximum absolute atomic E-state index is 13.0. The van der Waals surface area contributed by atoms with Gasteiger partial charge in [0.1, 0.15) is 5.82 Å². The molecule has 0 fully saturated rings. The maximum Gasteiger partial charge on any atom is 0.269 e. The normalized spacial score (nSPS) is 16.8. The van der Waals surface area contributed by atoms with Gasteiger partial charge >= 0.3 is 0 Å². The first kappa shape index (κ1) is 18.1. The highest BCUT2D eigenvalue weighted by Crippen LogP contribution is 2.38. The van der Waals surface area contributed by atoms with E-state index in [2.05, 4.69) is 4.98 Å². The summed E-state index contributed by atoms with van der Waals surface area (Å²) >= 11 is 18.7. The zero-order chi connectivity index (χ0) is 18.3. The Morgan fingerprint density at radius 3 is 2.56 bits per heavy atom. The van der Waals surface area contributed by atoms with Gasteiger partial charge in [-0.05, 0) is 30.2 Å². The van der Waals surface area contributed by atoms with Crippen molar-refractivity contribution in [2.24, 2.45) is 5.92 Å². The number of fused-ring (bicyclic) bond motifs is 1. The molecule has 1 atom stereocenters. The first-order chi connectivity index (χ1) is 11.8. The number of halogens is 3. The van der Waals surface area contributed by atoms with Crippen LogP contribution in [0.15, 0.2) is 24.3 Å². The first-order valence-corrected chi connectivity index (χ1v) is 8.80. The first-order valence-electron chi connectivity index (χ1n) is 7.66. The molecular formula is C17H16Cl3N3O2. The van der Waals surface area contributed by atoms with Gasteiger partial charge in [0.15, 0.2) is 17.7 Å². The molecule has 2 aromatic rings. The number of aromatic nitrogens is 1. The van der Waals surface area contributed by atoms with Gasteiger partial charge < -0.3 is 10.5 Å². The number of rotatable bonds is 3. The van der Waals surface area contributed by atoms with E-state index in [1.54, 1.807) is 24.3 Å². The van der Waals surface area contributed by atoms with Crippen LogP contribution in [0.2, 0.25) is 15.1 Å². The lowest BCUT2D eigenvalue weighted by Gasteiger charge is -2.35. The Labute approximate surface area is 160 Å². The smallest absolute Gasteiger partial charge is 0.269 e. The average Bonchev–Trinajstić information content (AvgIpc) is 2.56. The molecule has 1 aromatic heterocycles. The van der Waals surface area contributed by atoms with Gasteiger partial charge in [-0.3, -0.25) is 9.69 Å². The van der Waals surface area contributed by atoms with E-state index in [0.29, 0.717) is 32.2 Å². The van der Waals surface area contributed by atoms with Gasteiger partial charge in [0, 0.05) is 10.6 Å². The maximum atomic E-state index is 13.0. The molecule has 5 nitrogen and oxygen atoms in total. The zero-order valence-electron chi connectivity index (χ0n) is 13.6. The summed E-state index contributed by atoms with van der Waals surface area (Å²) < 4.78 is 5.81. The highest BCUT2D eigenvalue weighted by molar-refractivity contribution is 6.44. The number of pyridine rings is 1. The van der Waals surface area contributed by atoms with Gasteiger partial charge in [0.05, 0.1) is 16.6 Å². The molecule has 0 aliphatic carbocycles. The van der Waals surface area contributed by atoms with Gasteiger partial charge in [-0.15, -0.1) is 0 Å². The summed E-state index contributed by atoms with van der Waals surface area (Å²) in [5, 5.41) is 1.09. The molecule has 0 bridgehead atoms. The van der Waals surface area contributed by atoms with E-state index in [-0.39, 0.29) is 24.2 Å². The van der Waals surface area contributed by atoms with E-state index >= 15 is 0 Å². The molecule has 8 heteroatoms. The van der Waals surface area contributed by atoms with Crippen LogP contribution in [0.25, 0.3) is 0 Å². The number of nitrogens with zero attached hydrogens (tertiary/aromatic N) is 2. The summed E-state index contributed by atoms with van der Waals surface area (Å²) in [4.78, 5) is 18.7. The molecule has 0 saturated carbocycles. The number of nitrogen functional groups attached to an aromatic ring is 1. The Balaban J connectivity index is 2.09. The highest BCUT2D eigenvalue weighted by atomic mass is 35.5. The van der Waals surface area contributed by atoms with Gasteiger partial charge in [-0.1, -0.05) is 48.7 Å². The van der Waals surface area contributed by atoms with Crippen LogP contribution in [0.5, 0.6) is 5.75 Å². The predicted octanol–water partition coefficient (Wildman–Crippen LogP) is 4.57. The molecule has 1 aromatic carbocycles. The molecule has 0 spiro atoms. The number of benzene rings is 1. The number of anilines is 2. The molecule has 1 unspecified atom stereocenters. The van der Waals surface area contributed by atoms with Crippen molar-refractivity contribution in [3.05, 3.63) is 44.9 Å². The van der Waals surface area contributed by atoms with E-state index in [1.165, 1.54) is 4.90 Å². The highest BCUT2D eigenvalue weighted by Gasteiger charge is 2.38. The largest absolute Gasteiger partial charge is 0.476 e. The summed E-state index contributed by atoms with van der Waals surface area (Å²) in [6.07, 6.45) is -0.630. The van der Waals surface area contributed by atoms with E-state index in [4.69, 9.17) is 45.3 Å². The standard InChI is InChI=1S/C17H16Cl3N3O2/c1-8(2)15-17(24)23(16-12(25-15)5-6-13(21)22-16)7-9-10(18)3-4-11(19)14(9)20/h3-6,8,15H,7H2,1-2H3,(H2,21,22). The molecule has 1 aliphatic heterocycles. The molecule has 2 N–H and O–H groups in total. The van der Waals surface area contributed by atoms with Crippen LogP contribution in [0.1, 0.15) is 19.4 Å². The summed E-state index contributed by atoms with van der Waals surface area (Å²) in [5.41, 5.74) is 6.33. The molecule has 2 heterocycles. The van der Waals surface area contributed by atoms with Crippen molar-refractivity contribution in [1.82, 2.24) is 4.98 Å². The van der Waals surface area contributed by atoms with Crippen LogP contribution in [0.3, 0.4) is 0 Å². The Morgan fingerprint density at radius 2 is 1.88 bits per heavy atom. The Bertz CT molecular complexity index is 842. The second kappa shape index (κ2) is 6.90. The van der Waals surface area contributed by atoms with Crippen LogP contribution in [0.4, 0.5) is 11.6 Å². The number of hydrogen-bond acceptors (Lipinski definition) is 4. The predicted molar refractivity (Wildman–Crippen MR) is 101 cm³/mol. The third kappa shape index (κ3) is 3.36. The second-order valence-electron chi connectivity index (χ2n) is 6.09. The fraction of sp³-hybridized carbons (Fsp3) is 0.294. The molecule has 1 aliphatic rings. The minimum Gasteiger partial charge on any atom is -0.476 e. The Morgan fingerprint density at radius 1 is 1.20 bits per heavy atom. The Hall–Kier alpha value is -1.69. The molecule has 3 rings (SSSR count). The van der Waals surface area contributed by atoms with Gasteiger partial charge in [0.25, 0.3) is 5.91 Å². The number of ether oxygens (including phenoxy) is 1. The van der Waals surface area contributed by atoms with Crippen molar-refractivity contribution in [2.75, 3.05) is 10.6 Å². The quantitative estimate of drug-likeness (QED) is 0.766. The van der Waals surface area contributed by atoms with Crippen LogP contribution in [-0.4, -0.2) is 17.0 Å². The Kier molecular flexibility index (Phi) is 5.00. The van der Waals surface area contributed by atoms with Gasteiger partial charge in [-0.25, -0.2) is 4.98 Å². The number of nitrogens with two attached hydrogens (primary N) is 1. The summed E-state index contributed by atoms with van der Waals surface area (Å²) in [5.74, 6) is 0.862. The van der Waals surface area contributed by atoms with E-state index < -0.39 is 6.10 Å². The van der Waals surface area contributed by atoms with Crippen molar-refractivity contribution >= 4 is 52.3 Å². The minimum atomic E-state index is -0.630. The number of hydrogen-bond donors (Lipinski definition) is 1. The van der Waals surface area contributed by atoms with E-state index in [1.807, 2.05) is 13.8 Å². The number of carbonyl (C=O) groups is 1. The van der Waals surface area contributed by atoms with Crippen molar-refractivity contribution in [3.63, 3.8) is 0 Å². The summed E-state index contributed by atoms with van der Waals surface area (Å²) in [6, 6.07) is 6.58. The summed E-state index contributed by atoms with van der Waals surface area (Å²) in [7, 11) is 0. The van der Waals surface area contributed by atoms with Crippen molar-refractivity contribution < 1.29 is 9.53 Å². The van der Waals surface area contributed by atoms with E-state index in [0.717, 1.165) is 0 Å². The molecule has 0 saturated heterocycles. The van der Waals surface area contributed by atoms with Crippen molar-refractivity contribution in [1.29, 1.82) is 0 Å². The van der Waals surface area contributed by atoms with Crippen molar-refractivity contribution in [2.45, 2.75) is 26.5 Å². The van der Waals surface area contributed by atoms with Crippen LogP contribution in [-0.2, 0) is 11.3 Å².